The number of halogens is 2. The lowest BCUT2D eigenvalue weighted by Gasteiger charge is -2.03. The molecule has 2 nitrogen and oxygen atoms in total. The Morgan fingerprint density at radius 1 is 1.29 bits per heavy atom. The van der Waals surface area contributed by atoms with E-state index in [1.54, 1.807) is 35.7 Å². The molecule has 0 N–H and O–H groups in total. The highest BCUT2D eigenvalue weighted by molar-refractivity contribution is 9.10. The topological polar surface area (TPSA) is 34.1 Å². The van der Waals surface area contributed by atoms with Crippen molar-refractivity contribution in [1.82, 2.24) is 0 Å². The van der Waals surface area contributed by atoms with Gasteiger partial charge in [-0.15, -0.1) is 11.3 Å². The second-order valence-corrected chi connectivity index (χ2v) is 7.87. The van der Waals surface area contributed by atoms with Crippen LogP contribution in [0.1, 0.15) is 5.56 Å². The van der Waals surface area contributed by atoms with Gasteiger partial charge in [-0.25, -0.2) is 8.42 Å². The summed E-state index contributed by atoms with van der Waals surface area (Å²) in [7, 11) is -3.26. The van der Waals surface area contributed by atoms with E-state index in [9.17, 15) is 8.42 Å². The van der Waals surface area contributed by atoms with Crippen molar-refractivity contribution in [2.24, 2.45) is 0 Å². The minimum Gasteiger partial charge on any atom is -0.223 e. The Labute approximate surface area is 117 Å². The zero-order chi connectivity index (χ0) is 12.5. The van der Waals surface area contributed by atoms with E-state index in [1.807, 2.05) is 0 Å². The molecule has 0 spiro atoms. The molecule has 1 heterocycles. The molecule has 1 aromatic heterocycles. The van der Waals surface area contributed by atoms with Gasteiger partial charge in [0.1, 0.15) is 4.21 Å². The van der Waals surface area contributed by atoms with Crippen molar-refractivity contribution >= 4 is 48.7 Å². The third-order valence-corrected chi connectivity index (χ3v) is 6.55. The number of hydrogen-bond donors (Lipinski definition) is 0. The average molecular weight is 352 g/mol. The average Bonchev–Trinajstić information content (AvgIpc) is 2.77. The third-order valence-electron chi connectivity index (χ3n) is 2.14. The van der Waals surface area contributed by atoms with E-state index in [-0.39, 0.29) is 5.75 Å². The van der Waals surface area contributed by atoms with Crippen LogP contribution < -0.4 is 0 Å². The van der Waals surface area contributed by atoms with Gasteiger partial charge in [0.05, 0.1) is 10.8 Å². The molecule has 0 saturated carbocycles. The zero-order valence-corrected chi connectivity index (χ0v) is 12.5. The molecule has 17 heavy (non-hydrogen) atoms. The molecule has 90 valence electrons. The minimum atomic E-state index is -3.26. The van der Waals surface area contributed by atoms with Crippen LogP contribution in [-0.4, -0.2) is 8.42 Å². The number of sulfone groups is 1. The van der Waals surface area contributed by atoms with Crippen molar-refractivity contribution in [3.05, 3.63) is 50.8 Å². The van der Waals surface area contributed by atoms with E-state index in [4.69, 9.17) is 11.6 Å². The second kappa shape index (κ2) is 5.10. The highest BCUT2D eigenvalue weighted by atomic mass is 79.9. The quantitative estimate of drug-likeness (QED) is 0.833. The predicted octanol–water partition coefficient (Wildman–Crippen LogP) is 4.14. The van der Waals surface area contributed by atoms with Crippen LogP contribution in [0.3, 0.4) is 0 Å². The van der Waals surface area contributed by atoms with Crippen molar-refractivity contribution in [3.63, 3.8) is 0 Å². The Kier molecular flexibility index (Phi) is 3.92. The first-order valence-electron chi connectivity index (χ1n) is 4.69. The second-order valence-electron chi connectivity index (χ2n) is 3.44. The molecule has 2 aromatic rings. The first-order valence-corrected chi connectivity index (χ1v) is 8.39. The van der Waals surface area contributed by atoms with Gasteiger partial charge in [-0.3, -0.25) is 0 Å². The monoisotopic (exact) mass is 350 g/mol. The normalized spacial score (nSPS) is 11.6. The summed E-state index contributed by atoms with van der Waals surface area (Å²) in [4.78, 5) is 0. The Morgan fingerprint density at radius 3 is 2.65 bits per heavy atom. The molecular formula is C11H8BrClO2S2. The van der Waals surface area contributed by atoms with Gasteiger partial charge in [-0.1, -0.05) is 23.7 Å². The lowest BCUT2D eigenvalue weighted by molar-refractivity contribution is 0.597. The molecule has 2 rings (SSSR count). The number of thiophene rings is 1. The van der Waals surface area contributed by atoms with Crippen molar-refractivity contribution < 1.29 is 8.42 Å². The minimum absolute atomic E-state index is 0.0273. The Hall–Kier alpha value is -0.360. The van der Waals surface area contributed by atoms with Crippen LogP contribution in [-0.2, 0) is 15.6 Å². The molecule has 0 bridgehead atoms. The summed E-state index contributed by atoms with van der Waals surface area (Å²) in [6, 6.07) is 8.51. The molecular weight excluding hydrogens is 344 g/mol. The van der Waals surface area contributed by atoms with Gasteiger partial charge >= 0.3 is 0 Å². The predicted molar refractivity (Wildman–Crippen MR) is 74.4 cm³/mol. The van der Waals surface area contributed by atoms with E-state index < -0.39 is 9.84 Å². The van der Waals surface area contributed by atoms with Crippen LogP contribution in [0.5, 0.6) is 0 Å². The van der Waals surface area contributed by atoms with Crippen LogP contribution in [0, 0.1) is 0 Å². The van der Waals surface area contributed by atoms with Gasteiger partial charge in [0.2, 0.25) is 0 Å². The lowest BCUT2D eigenvalue weighted by Crippen LogP contribution is -2.02. The van der Waals surface area contributed by atoms with Crippen molar-refractivity contribution in [2.45, 2.75) is 9.96 Å². The van der Waals surface area contributed by atoms with E-state index in [1.165, 1.54) is 11.3 Å². The van der Waals surface area contributed by atoms with Gasteiger partial charge < -0.3 is 0 Å². The van der Waals surface area contributed by atoms with Crippen LogP contribution in [0.4, 0.5) is 0 Å². The van der Waals surface area contributed by atoms with Gasteiger partial charge in [0.25, 0.3) is 0 Å². The SMILES string of the molecule is O=S(=O)(Cc1ccc(Br)c(Cl)c1)c1cccs1. The van der Waals surface area contributed by atoms with Crippen LogP contribution in [0.2, 0.25) is 5.02 Å². The van der Waals surface area contributed by atoms with E-state index in [2.05, 4.69) is 15.9 Å². The molecule has 0 atom stereocenters. The molecule has 0 aliphatic heterocycles. The molecule has 6 heteroatoms. The maximum Gasteiger partial charge on any atom is 0.191 e. The first-order chi connectivity index (χ1) is 7.99. The summed E-state index contributed by atoms with van der Waals surface area (Å²) in [5.41, 5.74) is 0.687. The fourth-order valence-electron chi connectivity index (χ4n) is 1.36. The van der Waals surface area contributed by atoms with E-state index in [0.29, 0.717) is 14.8 Å². The fourth-order valence-corrected chi connectivity index (χ4v) is 4.24. The van der Waals surface area contributed by atoms with Crippen molar-refractivity contribution in [2.75, 3.05) is 0 Å². The highest BCUT2D eigenvalue weighted by Crippen LogP contribution is 2.26. The van der Waals surface area contributed by atoms with Gasteiger partial charge in [-0.2, -0.15) is 0 Å². The summed E-state index contributed by atoms with van der Waals surface area (Å²) in [6.07, 6.45) is 0. The van der Waals surface area contributed by atoms with Gasteiger partial charge in [-0.05, 0) is 45.1 Å². The number of benzene rings is 1. The molecule has 0 unspecified atom stereocenters. The molecule has 0 aliphatic rings. The zero-order valence-electron chi connectivity index (χ0n) is 8.56. The fraction of sp³-hybridized carbons (Fsp3) is 0.0909. The van der Waals surface area contributed by atoms with E-state index >= 15 is 0 Å². The molecule has 0 amide bonds. The number of rotatable bonds is 3. The molecule has 0 aliphatic carbocycles. The summed E-state index contributed by atoms with van der Waals surface area (Å²) in [5.74, 6) is -0.0273. The smallest absolute Gasteiger partial charge is 0.191 e. The highest BCUT2D eigenvalue weighted by Gasteiger charge is 2.16. The Bertz CT molecular complexity index is 621. The largest absolute Gasteiger partial charge is 0.223 e. The van der Waals surface area contributed by atoms with Crippen molar-refractivity contribution in [1.29, 1.82) is 0 Å². The lowest BCUT2D eigenvalue weighted by atomic mass is 10.2. The van der Waals surface area contributed by atoms with Crippen molar-refractivity contribution in [3.8, 4) is 0 Å². The van der Waals surface area contributed by atoms with Crippen LogP contribution in [0.15, 0.2) is 44.4 Å². The summed E-state index contributed by atoms with van der Waals surface area (Å²) in [6.45, 7) is 0. The van der Waals surface area contributed by atoms with Crippen LogP contribution in [0.25, 0.3) is 0 Å². The molecule has 0 fully saturated rings. The summed E-state index contributed by atoms with van der Waals surface area (Å²) >= 11 is 10.4. The first kappa shape index (κ1) is 13.1. The maximum atomic E-state index is 12.0. The van der Waals surface area contributed by atoms with Gasteiger partial charge in [0, 0.05) is 4.47 Å². The molecule has 0 radical (unpaired) electrons. The van der Waals surface area contributed by atoms with Gasteiger partial charge in [0.15, 0.2) is 9.84 Å². The number of hydrogen-bond acceptors (Lipinski definition) is 3. The third kappa shape index (κ3) is 3.10. The van der Waals surface area contributed by atoms with Crippen LogP contribution >= 0.6 is 38.9 Å². The van der Waals surface area contributed by atoms with E-state index in [0.717, 1.165) is 4.47 Å². The molecule has 1 aromatic carbocycles. The summed E-state index contributed by atoms with van der Waals surface area (Å²) < 4.78 is 25.2. The Morgan fingerprint density at radius 2 is 2.06 bits per heavy atom. The Balaban J connectivity index is 2.30. The standard InChI is InChI=1S/C11H8BrClO2S2/c12-9-4-3-8(6-10(9)13)7-17(14,15)11-2-1-5-16-11/h1-6H,7H2. The summed E-state index contributed by atoms with van der Waals surface area (Å²) in [5, 5.41) is 2.27. The molecule has 0 saturated heterocycles. The maximum absolute atomic E-state index is 12.0.